The van der Waals surface area contributed by atoms with E-state index in [0.717, 1.165) is 64.7 Å². The number of hydrogen-bond donors (Lipinski definition) is 2. The SMILES string of the molecule is CCNC(=NCC(C(C)C)N1CCN(C)CC1)NC1CCN(c2ccccc2)C1.I. The molecule has 2 aliphatic heterocycles. The molecule has 1 aromatic rings. The number of nitrogens with zero attached hydrogens (tertiary/aromatic N) is 4. The Bertz CT molecular complexity index is 630. The number of rotatable bonds is 7. The Kier molecular flexibility index (Phi) is 10.7. The number of benzene rings is 1. The van der Waals surface area contributed by atoms with Gasteiger partial charge < -0.3 is 20.4 Å². The largest absolute Gasteiger partial charge is 0.369 e. The molecule has 0 aliphatic carbocycles. The van der Waals surface area contributed by atoms with Crippen LogP contribution in [0.3, 0.4) is 0 Å². The van der Waals surface area contributed by atoms with E-state index in [1.807, 2.05) is 0 Å². The first-order valence-electron chi connectivity index (χ1n) is 11.3. The molecule has 0 aromatic heterocycles. The van der Waals surface area contributed by atoms with E-state index in [2.05, 4.69) is 83.5 Å². The van der Waals surface area contributed by atoms with Crippen molar-refractivity contribution in [2.75, 3.05) is 64.3 Å². The smallest absolute Gasteiger partial charge is 0.191 e. The Hall–Kier alpha value is -1.06. The predicted molar refractivity (Wildman–Crippen MR) is 139 cm³/mol. The van der Waals surface area contributed by atoms with Crippen LogP contribution < -0.4 is 15.5 Å². The maximum Gasteiger partial charge on any atom is 0.191 e. The summed E-state index contributed by atoms with van der Waals surface area (Å²) in [6, 6.07) is 11.7. The molecule has 170 valence electrons. The Labute approximate surface area is 200 Å². The quantitative estimate of drug-likeness (QED) is 0.324. The summed E-state index contributed by atoms with van der Waals surface area (Å²) in [5.74, 6) is 1.57. The summed E-state index contributed by atoms with van der Waals surface area (Å²) in [7, 11) is 2.22. The van der Waals surface area contributed by atoms with Crippen molar-refractivity contribution >= 4 is 35.6 Å². The number of hydrogen-bond acceptors (Lipinski definition) is 4. The van der Waals surface area contributed by atoms with Crippen molar-refractivity contribution in [3.8, 4) is 0 Å². The predicted octanol–water partition coefficient (Wildman–Crippen LogP) is 2.71. The van der Waals surface area contributed by atoms with Gasteiger partial charge in [0.2, 0.25) is 0 Å². The number of likely N-dealkylation sites (N-methyl/N-ethyl adjacent to an activating group) is 1. The fraction of sp³-hybridized carbons (Fsp3) is 0.696. The normalized spacial score (nSPS) is 22.1. The van der Waals surface area contributed by atoms with E-state index >= 15 is 0 Å². The van der Waals surface area contributed by atoms with Crippen molar-refractivity contribution in [1.82, 2.24) is 20.4 Å². The van der Waals surface area contributed by atoms with E-state index < -0.39 is 0 Å². The number of anilines is 1. The fourth-order valence-electron chi connectivity index (χ4n) is 4.35. The first kappa shape index (κ1) is 25.2. The van der Waals surface area contributed by atoms with Crippen molar-refractivity contribution < 1.29 is 0 Å². The number of para-hydroxylation sites is 1. The highest BCUT2D eigenvalue weighted by Crippen LogP contribution is 2.19. The fourth-order valence-corrected chi connectivity index (χ4v) is 4.35. The minimum Gasteiger partial charge on any atom is -0.369 e. The lowest BCUT2D eigenvalue weighted by atomic mass is 10.0. The highest BCUT2D eigenvalue weighted by Gasteiger charge is 2.26. The molecular weight excluding hydrogens is 487 g/mol. The average Bonchev–Trinajstić information content (AvgIpc) is 3.18. The second-order valence-electron chi connectivity index (χ2n) is 8.78. The lowest BCUT2D eigenvalue weighted by Crippen LogP contribution is -2.52. The van der Waals surface area contributed by atoms with Gasteiger partial charge >= 0.3 is 0 Å². The van der Waals surface area contributed by atoms with Crippen LogP contribution in [0.2, 0.25) is 0 Å². The second kappa shape index (κ2) is 12.7. The van der Waals surface area contributed by atoms with Gasteiger partial charge in [-0.3, -0.25) is 9.89 Å². The molecule has 2 unspecified atom stereocenters. The van der Waals surface area contributed by atoms with Crippen LogP contribution in [0.4, 0.5) is 5.69 Å². The summed E-state index contributed by atoms with van der Waals surface area (Å²) in [4.78, 5) is 12.5. The van der Waals surface area contributed by atoms with E-state index in [-0.39, 0.29) is 24.0 Å². The van der Waals surface area contributed by atoms with Gasteiger partial charge in [-0.1, -0.05) is 32.0 Å². The summed E-state index contributed by atoms with van der Waals surface area (Å²) in [5, 5.41) is 7.15. The standard InChI is InChI=1S/C23H40N6.HI/c1-5-24-23(25-17-22(19(2)3)28-15-13-27(4)14-16-28)26-20-11-12-29(18-20)21-9-7-6-8-10-21;/h6-10,19-20,22H,5,11-18H2,1-4H3,(H2,24,25,26);1H. The van der Waals surface area contributed by atoms with Crippen molar-refractivity contribution in [3.05, 3.63) is 30.3 Å². The number of piperazine rings is 1. The molecule has 0 radical (unpaired) electrons. The van der Waals surface area contributed by atoms with Crippen LogP contribution in [0.5, 0.6) is 0 Å². The zero-order chi connectivity index (χ0) is 20.6. The molecule has 2 atom stereocenters. The van der Waals surface area contributed by atoms with Crippen LogP contribution >= 0.6 is 24.0 Å². The van der Waals surface area contributed by atoms with Gasteiger partial charge in [0.05, 0.1) is 6.54 Å². The molecule has 2 N–H and O–H groups in total. The summed E-state index contributed by atoms with van der Waals surface area (Å²) < 4.78 is 0. The summed E-state index contributed by atoms with van der Waals surface area (Å²) in [6.45, 7) is 15.3. The number of nitrogens with one attached hydrogen (secondary N) is 2. The molecule has 2 aliphatic rings. The van der Waals surface area contributed by atoms with Crippen molar-refractivity contribution in [3.63, 3.8) is 0 Å². The zero-order valence-corrected chi connectivity index (χ0v) is 21.5. The number of halogens is 1. The van der Waals surface area contributed by atoms with Gasteiger partial charge in [-0.15, -0.1) is 24.0 Å². The molecular formula is C23H41IN6. The molecule has 0 bridgehead atoms. The van der Waals surface area contributed by atoms with Crippen LogP contribution in [-0.2, 0) is 0 Å². The van der Waals surface area contributed by atoms with E-state index in [1.165, 1.54) is 5.69 Å². The molecule has 3 rings (SSSR count). The molecule has 6 nitrogen and oxygen atoms in total. The topological polar surface area (TPSA) is 46.1 Å². The molecule has 0 spiro atoms. The minimum atomic E-state index is 0. The lowest BCUT2D eigenvalue weighted by Gasteiger charge is -2.39. The van der Waals surface area contributed by atoms with E-state index in [1.54, 1.807) is 0 Å². The van der Waals surface area contributed by atoms with E-state index in [0.29, 0.717) is 18.0 Å². The second-order valence-corrected chi connectivity index (χ2v) is 8.78. The third kappa shape index (κ3) is 7.27. The first-order chi connectivity index (χ1) is 14.1. The molecule has 0 amide bonds. The van der Waals surface area contributed by atoms with Crippen LogP contribution in [-0.4, -0.2) is 87.2 Å². The van der Waals surface area contributed by atoms with Crippen molar-refractivity contribution in [2.24, 2.45) is 10.9 Å². The molecule has 2 heterocycles. The maximum absolute atomic E-state index is 5.01. The summed E-state index contributed by atoms with van der Waals surface area (Å²) in [5.41, 5.74) is 1.31. The van der Waals surface area contributed by atoms with Gasteiger partial charge in [-0.25, -0.2) is 0 Å². The van der Waals surface area contributed by atoms with Crippen molar-refractivity contribution in [1.29, 1.82) is 0 Å². The maximum atomic E-state index is 5.01. The Balaban J connectivity index is 0.00000320. The van der Waals surface area contributed by atoms with Crippen molar-refractivity contribution in [2.45, 2.75) is 39.3 Å². The van der Waals surface area contributed by atoms with Gasteiger partial charge in [0.1, 0.15) is 0 Å². The minimum absolute atomic E-state index is 0. The molecule has 2 saturated heterocycles. The lowest BCUT2D eigenvalue weighted by molar-refractivity contribution is 0.0925. The third-order valence-electron chi connectivity index (χ3n) is 6.21. The number of aliphatic imine (C=N–C) groups is 1. The van der Waals surface area contributed by atoms with Gasteiger partial charge in [0, 0.05) is 63.6 Å². The Morgan fingerprint density at radius 3 is 2.43 bits per heavy atom. The molecule has 2 fully saturated rings. The highest BCUT2D eigenvalue weighted by molar-refractivity contribution is 14.0. The van der Waals surface area contributed by atoms with Crippen LogP contribution in [0.25, 0.3) is 0 Å². The van der Waals surface area contributed by atoms with Gasteiger partial charge in [0.15, 0.2) is 5.96 Å². The Morgan fingerprint density at radius 1 is 1.10 bits per heavy atom. The monoisotopic (exact) mass is 528 g/mol. The van der Waals surface area contributed by atoms with Crippen LogP contribution in [0.1, 0.15) is 27.2 Å². The number of guanidine groups is 1. The molecule has 7 heteroatoms. The highest BCUT2D eigenvalue weighted by atomic mass is 127. The van der Waals surface area contributed by atoms with Gasteiger partial charge in [-0.05, 0) is 38.4 Å². The van der Waals surface area contributed by atoms with Gasteiger partial charge in [-0.2, -0.15) is 0 Å². The average molecular weight is 529 g/mol. The summed E-state index contributed by atoms with van der Waals surface area (Å²) in [6.07, 6.45) is 1.14. The molecule has 30 heavy (non-hydrogen) atoms. The van der Waals surface area contributed by atoms with Crippen LogP contribution in [0.15, 0.2) is 35.3 Å². The zero-order valence-electron chi connectivity index (χ0n) is 19.2. The molecule has 0 saturated carbocycles. The van der Waals surface area contributed by atoms with Gasteiger partial charge in [0.25, 0.3) is 0 Å². The van der Waals surface area contributed by atoms with E-state index in [4.69, 9.17) is 4.99 Å². The molecule has 1 aromatic carbocycles. The van der Waals surface area contributed by atoms with E-state index in [9.17, 15) is 0 Å². The Morgan fingerprint density at radius 2 is 1.80 bits per heavy atom. The third-order valence-corrected chi connectivity index (χ3v) is 6.21. The van der Waals surface area contributed by atoms with Crippen LogP contribution in [0, 0.1) is 5.92 Å². The summed E-state index contributed by atoms with van der Waals surface area (Å²) >= 11 is 0. The first-order valence-corrected chi connectivity index (χ1v) is 11.3.